The Labute approximate surface area is 215 Å². The molecular formula is C27H27ClN4O2S. The van der Waals surface area contributed by atoms with E-state index in [2.05, 4.69) is 15.5 Å². The van der Waals surface area contributed by atoms with Gasteiger partial charge in [-0.3, -0.25) is 14.9 Å². The summed E-state index contributed by atoms with van der Waals surface area (Å²) in [6, 6.07) is 20.5. The van der Waals surface area contributed by atoms with E-state index < -0.39 is 0 Å². The average Bonchev–Trinajstić information content (AvgIpc) is 2.84. The Morgan fingerprint density at radius 3 is 2.29 bits per heavy atom. The summed E-state index contributed by atoms with van der Waals surface area (Å²) in [4.78, 5) is 29.6. The maximum absolute atomic E-state index is 12.8. The van der Waals surface area contributed by atoms with Crippen molar-refractivity contribution in [2.24, 2.45) is 0 Å². The molecule has 3 aromatic rings. The number of piperazine rings is 1. The number of carbonyl (C=O) groups is 2. The van der Waals surface area contributed by atoms with E-state index in [0.717, 1.165) is 22.5 Å². The lowest BCUT2D eigenvalue weighted by Crippen LogP contribution is -2.49. The van der Waals surface area contributed by atoms with E-state index in [-0.39, 0.29) is 16.9 Å². The van der Waals surface area contributed by atoms with Crippen molar-refractivity contribution in [1.82, 2.24) is 10.2 Å². The van der Waals surface area contributed by atoms with Gasteiger partial charge >= 0.3 is 0 Å². The number of nitrogens with one attached hydrogen (secondary N) is 2. The molecule has 0 aliphatic carbocycles. The van der Waals surface area contributed by atoms with Crippen LogP contribution in [-0.2, 0) is 0 Å². The van der Waals surface area contributed by atoms with Gasteiger partial charge in [-0.25, -0.2) is 0 Å². The molecule has 1 heterocycles. The van der Waals surface area contributed by atoms with E-state index >= 15 is 0 Å². The molecule has 35 heavy (non-hydrogen) atoms. The zero-order valence-electron chi connectivity index (χ0n) is 19.7. The first kappa shape index (κ1) is 24.7. The molecule has 3 aromatic carbocycles. The summed E-state index contributed by atoms with van der Waals surface area (Å²) in [5, 5.41) is 6.79. The predicted molar refractivity (Wildman–Crippen MR) is 146 cm³/mol. The SMILES string of the molecule is Cc1ccc(C(=O)NC(=S)Nc2ccccc2N2CCN(C(=O)c3ccc(Cl)cc3)CC2)c(C)c1. The number of amides is 2. The first-order valence-electron chi connectivity index (χ1n) is 11.4. The molecule has 4 rings (SSSR count). The topological polar surface area (TPSA) is 64.7 Å². The summed E-state index contributed by atoms with van der Waals surface area (Å²) in [7, 11) is 0. The molecule has 0 saturated carbocycles. The molecule has 1 fully saturated rings. The van der Waals surface area contributed by atoms with Crippen LogP contribution in [0.4, 0.5) is 11.4 Å². The lowest BCUT2D eigenvalue weighted by molar-refractivity contribution is 0.0746. The van der Waals surface area contributed by atoms with E-state index in [1.165, 1.54) is 0 Å². The minimum atomic E-state index is -0.244. The molecule has 0 atom stereocenters. The Kier molecular flexibility index (Phi) is 7.68. The van der Waals surface area contributed by atoms with Crippen molar-refractivity contribution in [2.75, 3.05) is 36.4 Å². The van der Waals surface area contributed by atoms with E-state index in [1.807, 2.05) is 55.1 Å². The molecule has 6 nitrogen and oxygen atoms in total. The third-order valence-corrected chi connectivity index (χ3v) is 6.46. The molecule has 0 unspecified atom stereocenters. The van der Waals surface area contributed by atoms with Crippen molar-refractivity contribution in [3.63, 3.8) is 0 Å². The van der Waals surface area contributed by atoms with Crippen LogP contribution in [0.15, 0.2) is 66.7 Å². The second-order valence-electron chi connectivity index (χ2n) is 8.53. The highest BCUT2D eigenvalue weighted by Crippen LogP contribution is 2.27. The zero-order valence-corrected chi connectivity index (χ0v) is 21.2. The van der Waals surface area contributed by atoms with E-state index in [4.69, 9.17) is 23.8 Å². The number of nitrogens with zero attached hydrogens (tertiary/aromatic N) is 2. The van der Waals surface area contributed by atoms with Gasteiger partial charge in [0.25, 0.3) is 11.8 Å². The summed E-state index contributed by atoms with van der Waals surface area (Å²) in [5.41, 5.74) is 5.00. The third-order valence-electron chi connectivity index (χ3n) is 6.00. The molecule has 0 bridgehead atoms. The fourth-order valence-corrected chi connectivity index (χ4v) is 4.50. The van der Waals surface area contributed by atoms with E-state index in [1.54, 1.807) is 30.3 Å². The number of aryl methyl sites for hydroxylation is 2. The summed E-state index contributed by atoms with van der Waals surface area (Å²) >= 11 is 11.4. The fourth-order valence-electron chi connectivity index (χ4n) is 4.17. The van der Waals surface area contributed by atoms with Gasteiger partial charge in [0, 0.05) is 42.3 Å². The number of rotatable bonds is 4. The normalized spacial score (nSPS) is 13.3. The van der Waals surface area contributed by atoms with E-state index in [0.29, 0.717) is 42.3 Å². The van der Waals surface area contributed by atoms with Crippen molar-refractivity contribution in [3.8, 4) is 0 Å². The van der Waals surface area contributed by atoms with Crippen LogP contribution in [0, 0.1) is 13.8 Å². The summed E-state index contributed by atoms with van der Waals surface area (Å²) < 4.78 is 0. The first-order chi connectivity index (χ1) is 16.8. The predicted octanol–water partition coefficient (Wildman–Crippen LogP) is 5.05. The zero-order chi connectivity index (χ0) is 24.9. The fraction of sp³-hybridized carbons (Fsp3) is 0.222. The Morgan fingerprint density at radius 2 is 1.60 bits per heavy atom. The van der Waals surface area contributed by atoms with Crippen LogP contribution in [0.1, 0.15) is 31.8 Å². The monoisotopic (exact) mass is 506 g/mol. The van der Waals surface area contributed by atoms with Gasteiger partial charge in [-0.1, -0.05) is 41.4 Å². The summed E-state index contributed by atoms with van der Waals surface area (Å²) in [6.45, 7) is 6.46. The molecule has 0 aromatic heterocycles. The molecule has 2 amide bonds. The quantitative estimate of drug-likeness (QED) is 0.485. The number of halogens is 1. The molecule has 1 saturated heterocycles. The van der Waals surface area contributed by atoms with Gasteiger partial charge in [0.2, 0.25) is 0 Å². The second kappa shape index (κ2) is 10.9. The Morgan fingerprint density at radius 1 is 0.914 bits per heavy atom. The van der Waals surface area contributed by atoms with Gasteiger partial charge in [-0.05, 0) is 74.1 Å². The number of anilines is 2. The molecule has 0 radical (unpaired) electrons. The van der Waals surface area contributed by atoms with Crippen molar-refractivity contribution in [1.29, 1.82) is 0 Å². The average molecular weight is 507 g/mol. The maximum Gasteiger partial charge on any atom is 0.257 e. The molecular weight excluding hydrogens is 480 g/mol. The number of carbonyl (C=O) groups excluding carboxylic acids is 2. The highest BCUT2D eigenvalue weighted by Gasteiger charge is 2.24. The largest absolute Gasteiger partial charge is 0.366 e. The van der Waals surface area contributed by atoms with Crippen molar-refractivity contribution < 1.29 is 9.59 Å². The van der Waals surface area contributed by atoms with Crippen LogP contribution in [0.25, 0.3) is 0 Å². The smallest absolute Gasteiger partial charge is 0.257 e. The number of hydrogen-bond donors (Lipinski definition) is 2. The second-order valence-corrected chi connectivity index (χ2v) is 9.37. The summed E-state index contributed by atoms with van der Waals surface area (Å²) in [5.74, 6) is -0.241. The molecule has 1 aliphatic rings. The standard InChI is InChI=1S/C27H27ClN4O2S/c1-18-7-12-22(19(2)17-18)25(33)30-27(35)29-23-5-3-4-6-24(23)31-13-15-32(16-14-31)26(34)20-8-10-21(28)11-9-20/h3-12,17H,13-16H2,1-2H3,(H2,29,30,33,35). The van der Waals surface area contributed by atoms with Crippen LogP contribution in [0.3, 0.4) is 0 Å². The highest BCUT2D eigenvalue weighted by molar-refractivity contribution is 7.80. The van der Waals surface area contributed by atoms with Gasteiger partial charge in [0.05, 0.1) is 11.4 Å². The lowest BCUT2D eigenvalue weighted by atomic mass is 10.1. The third kappa shape index (κ3) is 5.99. The number of para-hydroxylation sites is 2. The Hall–Kier alpha value is -3.42. The van der Waals surface area contributed by atoms with E-state index in [9.17, 15) is 9.59 Å². The molecule has 0 spiro atoms. The molecule has 2 N–H and O–H groups in total. The summed E-state index contributed by atoms with van der Waals surface area (Å²) in [6.07, 6.45) is 0. The van der Waals surface area contributed by atoms with Crippen molar-refractivity contribution >= 4 is 52.1 Å². The van der Waals surface area contributed by atoms with Crippen molar-refractivity contribution in [3.05, 3.63) is 94.0 Å². The number of benzene rings is 3. The first-order valence-corrected chi connectivity index (χ1v) is 12.2. The lowest BCUT2D eigenvalue weighted by Gasteiger charge is -2.37. The minimum absolute atomic E-state index is 0.00279. The number of thiocarbonyl (C=S) groups is 1. The van der Waals surface area contributed by atoms with Crippen LogP contribution >= 0.6 is 23.8 Å². The molecule has 180 valence electrons. The van der Waals surface area contributed by atoms with Gasteiger partial charge in [0.15, 0.2) is 5.11 Å². The maximum atomic E-state index is 12.8. The molecule has 8 heteroatoms. The van der Waals surface area contributed by atoms with Gasteiger partial charge in [-0.2, -0.15) is 0 Å². The number of hydrogen-bond acceptors (Lipinski definition) is 4. The van der Waals surface area contributed by atoms with Crippen LogP contribution < -0.4 is 15.5 Å². The van der Waals surface area contributed by atoms with Gasteiger partial charge in [0.1, 0.15) is 0 Å². The van der Waals surface area contributed by atoms with Crippen molar-refractivity contribution in [2.45, 2.75) is 13.8 Å². The minimum Gasteiger partial charge on any atom is -0.366 e. The van der Waals surface area contributed by atoms with Gasteiger partial charge in [-0.15, -0.1) is 0 Å². The Balaban J connectivity index is 1.38. The van der Waals surface area contributed by atoms with Crippen LogP contribution in [-0.4, -0.2) is 48.0 Å². The molecule has 1 aliphatic heterocycles. The van der Waals surface area contributed by atoms with Crippen LogP contribution in [0.5, 0.6) is 0 Å². The van der Waals surface area contributed by atoms with Gasteiger partial charge < -0.3 is 15.1 Å². The van der Waals surface area contributed by atoms with Crippen LogP contribution in [0.2, 0.25) is 5.02 Å². The highest BCUT2D eigenvalue weighted by atomic mass is 35.5. The Bertz CT molecular complexity index is 1250.